The van der Waals surface area contributed by atoms with Crippen LogP contribution in [-0.4, -0.2) is 71.1 Å². The number of Topliss-reactive ketones (excluding diaryl/α,β-unsaturated/α-hetero) is 1. The number of ether oxygens (including phenoxy) is 3. The predicted octanol–water partition coefficient (Wildman–Crippen LogP) is 4.39. The van der Waals surface area contributed by atoms with E-state index in [2.05, 4.69) is 4.74 Å². The molecule has 0 bridgehead atoms. The van der Waals surface area contributed by atoms with Crippen molar-refractivity contribution in [1.82, 2.24) is 0 Å². The van der Waals surface area contributed by atoms with E-state index in [1.165, 1.54) is 25.1 Å². The van der Waals surface area contributed by atoms with Gasteiger partial charge < -0.3 is 14.2 Å². The maximum atomic E-state index is 14.1. The quantitative estimate of drug-likeness (QED) is 0.237. The van der Waals surface area contributed by atoms with Crippen LogP contribution in [0.3, 0.4) is 0 Å². The van der Waals surface area contributed by atoms with E-state index in [4.69, 9.17) is 9.47 Å². The summed E-state index contributed by atoms with van der Waals surface area (Å²) in [6.45, 7) is 2.55. The Kier molecular flexibility index (Phi) is 9.51. The van der Waals surface area contributed by atoms with Crippen LogP contribution >= 0.6 is 0 Å². The van der Waals surface area contributed by atoms with E-state index in [0.717, 1.165) is 29.6 Å². The highest BCUT2D eigenvalue weighted by molar-refractivity contribution is 7.93. The van der Waals surface area contributed by atoms with Crippen LogP contribution in [-0.2, 0) is 40.6 Å². The minimum atomic E-state index is -4.83. The van der Waals surface area contributed by atoms with Gasteiger partial charge in [0.25, 0.3) is 10.0 Å². The van der Waals surface area contributed by atoms with Gasteiger partial charge in [0.05, 0.1) is 35.9 Å². The molecule has 10 nitrogen and oxygen atoms in total. The fourth-order valence-corrected chi connectivity index (χ4v) is 7.99. The largest absolute Gasteiger partial charge is 0.494 e. The number of rotatable bonds is 12. The Morgan fingerprint density at radius 1 is 1.07 bits per heavy atom. The molecule has 0 N–H and O–H groups in total. The lowest BCUT2D eigenvalue weighted by Gasteiger charge is -2.36. The molecule has 4 rings (SSSR count). The van der Waals surface area contributed by atoms with E-state index >= 15 is 0 Å². The molecule has 0 radical (unpaired) electrons. The van der Waals surface area contributed by atoms with Crippen LogP contribution in [0.5, 0.6) is 11.5 Å². The molecule has 2 atom stereocenters. The van der Waals surface area contributed by atoms with E-state index in [9.17, 15) is 44.0 Å². The number of sulfonamides is 1. The summed E-state index contributed by atoms with van der Waals surface area (Å²) in [6, 6.07) is 6.84. The van der Waals surface area contributed by atoms with E-state index in [1.807, 2.05) is 0 Å². The summed E-state index contributed by atoms with van der Waals surface area (Å²) in [5.74, 6) is -4.34. The topological polar surface area (TPSA) is 133 Å². The van der Waals surface area contributed by atoms with Gasteiger partial charge in [-0.3, -0.25) is 13.9 Å². The van der Waals surface area contributed by atoms with E-state index < -0.39 is 78.7 Å². The smallest absolute Gasteiger partial charge is 0.427 e. The van der Waals surface area contributed by atoms with Gasteiger partial charge in [0.1, 0.15) is 17.6 Å². The van der Waals surface area contributed by atoms with Gasteiger partial charge in [-0.1, -0.05) is 13.0 Å². The Labute approximate surface area is 258 Å². The molecule has 1 aliphatic carbocycles. The normalized spacial score (nSPS) is 18.0. The maximum absolute atomic E-state index is 14.1. The Bertz CT molecular complexity index is 1690. The van der Waals surface area contributed by atoms with Crippen LogP contribution in [0.4, 0.5) is 23.2 Å². The molecule has 0 spiro atoms. The number of carbonyl (C=O) groups is 2. The fourth-order valence-electron chi connectivity index (χ4n) is 4.70. The molecule has 2 aliphatic rings. The Hall–Kier alpha value is -3.40. The van der Waals surface area contributed by atoms with Crippen LogP contribution in [0.1, 0.15) is 45.6 Å². The highest BCUT2D eigenvalue weighted by Gasteiger charge is 2.50. The lowest BCUT2D eigenvalue weighted by Crippen LogP contribution is -2.45. The Balaban J connectivity index is 1.65. The van der Waals surface area contributed by atoms with Crippen LogP contribution in [0, 0.1) is 11.7 Å². The number of esters is 1. The third-order valence-electron chi connectivity index (χ3n) is 7.61. The standard InChI is InChI=1S/C29H33F4NO9S2/c1-17(24(35)16-44(37,38)20-6-7-20)11-19-15-34(45(39,40)21-8-9-22(30)26(14-21)41-4)23-12-18(5-10-25(23)42-19)13-27(36)43-28(2,3)29(31,32)33/h5,8-10,12,14,17,19-20H,6-7,11,13,15-16H2,1-4H3/t17-,19-/m0/s1. The van der Waals surface area contributed by atoms with E-state index in [0.29, 0.717) is 26.7 Å². The van der Waals surface area contributed by atoms with Crippen molar-refractivity contribution in [2.45, 2.75) is 74.5 Å². The number of halogens is 4. The molecule has 0 saturated heterocycles. The third kappa shape index (κ3) is 7.71. The second kappa shape index (κ2) is 12.4. The molecule has 248 valence electrons. The first-order chi connectivity index (χ1) is 20.7. The summed E-state index contributed by atoms with van der Waals surface area (Å²) < 4.78 is 123. The number of carbonyl (C=O) groups excluding carboxylic acids is 2. The molecule has 1 fully saturated rings. The zero-order valence-corrected chi connectivity index (χ0v) is 26.5. The predicted molar refractivity (Wildman–Crippen MR) is 154 cm³/mol. The van der Waals surface area contributed by atoms with Crippen molar-refractivity contribution in [1.29, 1.82) is 0 Å². The second-order valence-electron chi connectivity index (χ2n) is 11.6. The lowest BCUT2D eigenvalue weighted by molar-refractivity contribution is -0.257. The third-order valence-corrected chi connectivity index (χ3v) is 11.6. The van der Waals surface area contributed by atoms with Crippen LogP contribution in [0.15, 0.2) is 41.3 Å². The van der Waals surface area contributed by atoms with Gasteiger partial charge in [0.15, 0.2) is 27.2 Å². The number of anilines is 1. The average Bonchev–Trinajstić information content (AvgIpc) is 3.78. The highest BCUT2D eigenvalue weighted by Crippen LogP contribution is 2.40. The monoisotopic (exact) mass is 679 g/mol. The lowest BCUT2D eigenvalue weighted by atomic mass is 9.98. The number of nitrogens with zero attached hydrogens (tertiary/aromatic N) is 1. The van der Waals surface area contributed by atoms with Gasteiger partial charge in [-0.05, 0) is 62.9 Å². The summed E-state index contributed by atoms with van der Waals surface area (Å²) in [7, 11) is -6.90. The molecule has 1 aliphatic heterocycles. The first-order valence-electron chi connectivity index (χ1n) is 13.9. The average molecular weight is 680 g/mol. The van der Waals surface area contributed by atoms with Gasteiger partial charge in [-0.2, -0.15) is 13.2 Å². The first kappa shape index (κ1) is 34.5. The number of benzene rings is 2. The van der Waals surface area contributed by atoms with Crippen LogP contribution < -0.4 is 13.8 Å². The van der Waals surface area contributed by atoms with Crippen molar-refractivity contribution < 1.29 is 58.2 Å². The molecule has 45 heavy (non-hydrogen) atoms. The zero-order chi connectivity index (χ0) is 33.5. The van der Waals surface area contributed by atoms with Crippen molar-refractivity contribution in [3.63, 3.8) is 0 Å². The number of alkyl halides is 3. The van der Waals surface area contributed by atoms with Crippen molar-refractivity contribution in [3.05, 3.63) is 47.8 Å². The van der Waals surface area contributed by atoms with E-state index in [1.54, 1.807) is 0 Å². The SMILES string of the molecule is COc1cc(S(=O)(=O)N2C[C@H](C[C@H](C)C(=O)CS(=O)(=O)C3CC3)Oc3ccc(CC(=O)OC(C)(C)C(F)(F)F)cc32)ccc1F. The first-order valence-corrected chi connectivity index (χ1v) is 17.1. The van der Waals surface area contributed by atoms with Crippen molar-refractivity contribution in [3.8, 4) is 11.5 Å². The van der Waals surface area contributed by atoms with Crippen molar-refractivity contribution in [2.24, 2.45) is 5.92 Å². The van der Waals surface area contributed by atoms with Crippen molar-refractivity contribution in [2.75, 3.05) is 23.7 Å². The summed E-state index contributed by atoms with van der Waals surface area (Å²) in [5.41, 5.74) is -2.72. The molecule has 0 unspecified atom stereocenters. The van der Waals surface area contributed by atoms with Gasteiger partial charge in [0, 0.05) is 12.0 Å². The fraction of sp³-hybridized carbons (Fsp3) is 0.517. The maximum Gasteiger partial charge on any atom is 0.427 e. The number of hydrogen-bond donors (Lipinski definition) is 0. The molecule has 2 aromatic carbocycles. The Morgan fingerprint density at radius 2 is 1.73 bits per heavy atom. The zero-order valence-electron chi connectivity index (χ0n) is 24.9. The van der Waals surface area contributed by atoms with Gasteiger partial charge >= 0.3 is 12.1 Å². The molecule has 0 amide bonds. The molecular weight excluding hydrogens is 646 g/mol. The molecule has 16 heteroatoms. The molecule has 0 aromatic heterocycles. The van der Waals surface area contributed by atoms with Gasteiger partial charge in [0.2, 0.25) is 5.60 Å². The van der Waals surface area contributed by atoms with Gasteiger partial charge in [-0.15, -0.1) is 0 Å². The number of sulfone groups is 1. The summed E-state index contributed by atoms with van der Waals surface area (Å²) in [6.07, 6.45) is -5.42. The highest BCUT2D eigenvalue weighted by atomic mass is 32.2. The molecule has 1 saturated carbocycles. The Morgan fingerprint density at radius 3 is 2.33 bits per heavy atom. The minimum Gasteiger partial charge on any atom is -0.494 e. The van der Waals surface area contributed by atoms with E-state index in [-0.39, 0.29) is 40.6 Å². The summed E-state index contributed by atoms with van der Waals surface area (Å²) in [4.78, 5) is 24.9. The van der Waals surface area contributed by atoms with Gasteiger partial charge in [-0.25, -0.2) is 21.2 Å². The number of ketones is 1. The van der Waals surface area contributed by atoms with Crippen LogP contribution in [0.2, 0.25) is 0 Å². The summed E-state index contributed by atoms with van der Waals surface area (Å²) >= 11 is 0. The summed E-state index contributed by atoms with van der Waals surface area (Å²) in [5, 5.41) is -0.522. The number of hydrogen-bond acceptors (Lipinski definition) is 9. The molecular formula is C29H33F4NO9S2. The minimum absolute atomic E-state index is 0.0156. The molecule has 1 heterocycles. The second-order valence-corrected chi connectivity index (χ2v) is 15.8. The van der Waals surface area contributed by atoms with Crippen molar-refractivity contribution >= 4 is 37.3 Å². The number of methoxy groups -OCH3 is 1. The molecule has 2 aromatic rings. The van der Waals surface area contributed by atoms with Crippen LogP contribution in [0.25, 0.3) is 0 Å². The number of fused-ring (bicyclic) bond motifs is 1.